The first kappa shape index (κ1) is 16.6. The van der Waals surface area contributed by atoms with E-state index in [9.17, 15) is 13.2 Å². The second-order valence-electron chi connectivity index (χ2n) is 4.00. The number of ether oxygens (including phenoxy) is 4. The van der Waals surface area contributed by atoms with Crippen molar-refractivity contribution in [3.8, 4) is 0 Å². The zero-order chi connectivity index (χ0) is 14.0. The van der Waals surface area contributed by atoms with Crippen molar-refractivity contribution in [1.82, 2.24) is 5.32 Å². The van der Waals surface area contributed by atoms with Crippen LogP contribution in [-0.2, 0) is 18.9 Å². The molecule has 1 unspecified atom stereocenters. The van der Waals surface area contributed by atoms with E-state index in [0.29, 0.717) is 19.8 Å². The standard InChI is InChI=1S/C11H20F3NO4/c12-11(13,14)19-8-6-17-4-3-16-5-7-18-10-1-2-15-9-10/h10,15H,1-9H2. The SMILES string of the molecule is FC(F)(F)OCCOCCOCCOC1CCNC1. The van der Waals surface area contributed by atoms with Crippen LogP contribution in [0.5, 0.6) is 0 Å². The van der Waals surface area contributed by atoms with Crippen molar-refractivity contribution in [2.24, 2.45) is 0 Å². The molecule has 0 amide bonds. The van der Waals surface area contributed by atoms with Crippen LogP contribution < -0.4 is 5.32 Å². The lowest BCUT2D eigenvalue weighted by Crippen LogP contribution is -2.20. The summed E-state index contributed by atoms with van der Waals surface area (Å²) in [6.45, 7) is 2.81. The van der Waals surface area contributed by atoms with E-state index in [4.69, 9.17) is 14.2 Å². The lowest BCUT2D eigenvalue weighted by atomic mass is 10.3. The first-order valence-corrected chi connectivity index (χ1v) is 6.26. The Morgan fingerprint density at radius 3 is 2.16 bits per heavy atom. The van der Waals surface area contributed by atoms with Crippen LogP contribution in [0.2, 0.25) is 0 Å². The van der Waals surface area contributed by atoms with Gasteiger partial charge in [-0.1, -0.05) is 0 Å². The van der Waals surface area contributed by atoms with E-state index in [1.165, 1.54) is 0 Å². The van der Waals surface area contributed by atoms with Gasteiger partial charge in [0, 0.05) is 6.54 Å². The van der Waals surface area contributed by atoms with Crippen LogP contribution >= 0.6 is 0 Å². The summed E-state index contributed by atoms with van der Waals surface area (Å²) in [5.41, 5.74) is 0. The first-order valence-electron chi connectivity index (χ1n) is 6.26. The van der Waals surface area contributed by atoms with E-state index in [-0.39, 0.29) is 19.3 Å². The highest BCUT2D eigenvalue weighted by Gasteiger charge is 2.28. The van der Waals surface area contributed by atoms with Crippen molar-refractivity contribution in [3.05, 3.63) is 0 Å². The van der Waals surface area contributed by atoms with Crippen molar-refractivity contribution in [2.75, 3.05) is 52.7 Å². The summed E-state index contributed by atoms with van der Waals surface area (Å²) >= 11 is 0. The molecule has 114 valence electrons. The molecule has 0 aliphatic carbocycles. The van der Waals surface area contributed by atoms with Crippen LogP contribution in [0, 0.1) is 0 Å². The fraction of sp³-hybridized carbons (Fsp3) is 1.00. The topological polar surface area (TPSA) is 49.0 Å². The third kappa shape index (κ3) is 10.1. The summed E-state index contributed by atoms with van der Waals surface area (Å²) in [4.78, 5) is 0. The number of halogens is 3. The molecule has 0 aromatic rings. The van der Waals surface area contributed by atoms with Crippen LogP contribution in [0.4, 0.5) is 13.2 Å². The van der Waals surface area contributed by atoms with Crippen molar-refractivity contribution in [3.63, 3.8) is 0 Å². The second kappa shape index (κ2) is 9.49. The average molecular weight is 287 g/mol. The fourth-order valence-corrected chi connectivity index (χ4v) is 1.58. The molecule has 0 spiro atoms. The zero-order valence-electron chi connectivity index (χ0n) is 10.7. The molecule has 1 fully saturated rings. The summed E-state index contributed by atoms with van der Waals surface area (Å²) < 4.78 is 53.9. The van der Waals surface area contributed by atoms with E-state index in [2.05, 4.69) is 10.1 Å². The Kier molecular flexibility index (Phi) is 8.31. The minimum atomic E-state index is -4.59. The monoisotopic (exact) mass is 287 g/mol. The minimum Gasteiger partial charge on any atom is -0.377 e. The lowest BCUT2D eigenvalue weighted by molar-refractivity contribution is -0.327. The van der Waals surface area contributed by atoms with E-state index in [0.717, 1.165) is 19.5 Å². The largest absolute Gasteiger partial charge is 0.522 e. The van der Waals surface area contributed by atoms with E-state index in [1.807, 2.05) is 0 Å². The third-order valence-corrected chi connectivity index (χ3v) is 2.46. The van der Waals surface area contributed by atoms with Crippen LogP contribution in [0.3, 0.4) is 0 Å². The number of alkyl halides is 3. The van der Waals surface area contributed by atoms with Crippen LogP contribution in [-0.4, -0.2) is 65.2 Å². The van der Waals surface area contributed by atoms with E-state index < -0.39 is 13.0 Å². The molecular formula is C11H20F3NO4. The Balaban J connectivity index is 1.74. The lowest BCUT2D eigenvalue weighted by Gasteiger charge is -2.11. The molecule has 1 aliphatic heterocycles. The number of hydrogen-bond acceptors (Lipinski definition) is 5. The van der Waals surface area contributed by atoms with Gasteiger partial charge in [-0.2, -0.15) is 0 Å². The molecule has 1 aliphatic rings. The molecule has 1 N–H and O–H groups in total. The zero-order valence-corrected chi connectivity index (χ0v) is 10.7. The molecule has 1 atom stereocenters. The number of nitrogens with one attached hydrogen (secondary N) is 1. The molecule has 0 saturated carbocycles. The fourth-order valence-electron chi connectivity index (χ4n) is 1.58. The molecule has 0 radical (unpaired) electrons. The summed E-state index contributed by atoms with van der Waals surface area (Å²) in [5, 5.41) is 3.19. The summed E-state index contributed by atoms with van der Waals surface area (Å²) in [6, 6.07) is 0. The molecule has 8 heteroatoms. The summed E-state index contributed by atoms with van der Waals surface area (Å²) in [5.74, 6) is 0. The summed E-state index contributed by atoms with van der Waals surface area (Å²) in [6.07, 6.45) is -3.31. The van der Waals surface area contributed by atoms with Gasteiger partial charge in [-0.3, -0.25) is 4.74 Å². The molecule has 0 bridgehead atoms. The molecule has 0 aromatic carbocycles. The van der Waals surface area contributed by atoms with Gasteiger partial charge in [0.2, 0.25) is 0 Å². The third-order valence-electron chi connectivity index (χ3n) is 2.46. The molecule has 0 aromatic heterocycles. The maximum atomic E-state index is 11.6. The Hall–Kier alpha value is -0.410. The van der Waals surface area contributed by atoms with Crippen LogP contribution in [0.15, 0.2) is 0 Å². The van der Waals surface area contributed by atoms with Gasteiger partial charge in [-0.05, 0) is 13.0 Å². The average Bonchev–Trinajstić information content (AvgIpc) is 2.83. The quantitative estimate of drug-likeness (QED) is 0.606. The number of hydrogen-bond donors (Lipinski definition) is 1. The van der Waals surface area contributed by atoms with Gasteiger partial charge in [-0.25, -0.2) is 0 Å². The Morgan fingerprint density at radius 1 is 0.947 bits per heavy atom. The van der Waals surface area contributed by atoms with E-state index >= 15 is 0 Å². The highest BCUT2D eigenvalue weighted by atomic mass is 19.4. The van der Waals surface area contributed by atoms with E-state index in [1.54, 1.807) is 0 Å². The molecule has 1 saturated heterocycles. The maximum Gasteiger partial charge on any atom is 0.522 e. The van der Waals surface area contributed by atoms with Crippen molar-refractivity contribution < 1.29 is 32.1 Å². The molecule has 5 nitrogen and oxygen atoms in total. The molecule has 1 heterocycles. The van der Waals surface area contributed by atoms with Gasteiger partial charge in [0.1, 0.15) is 0 Å². The highest BCUT2D eigenvalue weighted by Crippen LogP contribution is 2.15. The van der Waals surface area contributed by atoms with Gasteiger partial charge < -0.3 is 19.5 Å². The molecular weight excluding hydrogens is 267 g/mol. The smallest absolute Gasteiger partial charge is 0.377 e. The highest BCUT2D eigenvalue weighted by molar-refractivity contribution is 4.70. The summed E-state index contributed by atoms with van der Waals surface area (Å²) in [7, 11) is 0. The maximum absolute atomic E-state index is 11.6. The van der Waals surface area contributed by atoms with Crippen molar-refractivity contribution in [2.45, 2.75) is 18.9 Å². The van der Waals surface area contributed by atoms with Gasteiger partial charge in [-0.15, -0.1) is 13.2 Å². The predicted molar refractivity (Wildman–Crippen MR) is 60.9 cm³/mol. The predicted octanol–water partition coefficient (Wildman–Crippen LogP) is 0.934. The van der Waals surface area contributed by atoms with Crippen LogP contribution in [0.1, 0.15) is 6.42 Å². The normalized spacial score (nSPS) is 20.1. The second-order valence-corrected chi connectivity index (χ2v) is 4.00. The van der Waals surface area contributed by atoms with Gasteiger partial charge in [0.25, 0.3) is 0 Å². The molecule has 1 rings (SSSR count). The number of rotatable bonds is 10. The Labute approximate surface area is 110 Å². The van der Waals surface area contributed by atoms with Crippen LogP contribution in [0.25, 0.3) is 0 Å². The Morgan fingerprint density at radius 2 is 1.58 bits per heavy atom. The van der Waals surface area contributed by atoms with Gasteiger partial charge in [0.05, 0.1) is 45.7 Å². The Bertz CT molecular complexity index is 222. The van der Waals surface area contributed by atoms with Gasteiger partial charge in [0.15, 0.2) is 0 Å². The molecule has 19 heavy (non-hydrogen) atoms. The van der Waals surface area contributed by atoms with Crippen molar-refractivity contribution in [1.29, 1.82) is 0 Å². The van der Waals surface area contributed by atoms with Crippen molar-refractivity contribution >= 4 is 0 Å². The minimum absolute atomic E-state index is 0.104. The first-order chi connectivity index (χ1) is 9.08. The van der Waals surface area contributed by atoms with Gasteiger partial charge >= 0.3 is 6.36 Å².